The summed E-state index contributed by atoms with van der Waals surface area (Å²) in [5, 5.41) is 3.92. The molecule has 0 saturated heterocycles. The van der Waals surface area contributed by atoms with Crippen LogP contribution >= 0.6 is 35.0 Å². The highest BCUT2D eigenvalue weighted by atomic mass is 35.5. The minimum absolute atomic E-state index is 0.0448. The summed E-state index contributed by atoms with van der Waals surface area (Å²) in [6.07, 6.45) is 0.851. The molecule has 2 aromatic carbocycles. The molecule has 0 aliphatic heterocycles. The molecule has 0 heterocycles. The summed E-state index contributed by atoms with van der Waals surface area (Å²) in [7, 11) is 3.41. The third-order valence-corrected chi connectivity index (χ3v) is 4.98. The average molecular weight is 397 g/mol. The van der Waals surface area contributed by atoms with E-state index in [9.17, 15) is 9.59 Å². The molecule has 132 valence electrons. The number of rotatable bonds is 5. The zero-order chi connectivity index (χ0) is 18.4. The SMILES string of the molecule is CN(C)C(=O)Sc1ccc(NC(=O)CCc2ccc(Cl)cc2Cl)cc1. The maximum absolute atomic E-state index is 12.1. The Labute approximate surface area is 161 Å². The summed E-state index contributed by atoms with van der Waals surface area (Å²) in [6, 6.07) is 12.4. The Morgan fingerprint density at radius 1 is 1.08 bits per heavy atom. The molecule has 0 fully saturated rings. The maximum Gasteiger partial charge on any atom is 0.285 e. The fourth-order valence-electron chi connectivity index (χ4n) is 1.99. The van der Waals surface area contributed by atoms with Gasteiger partial charge in [-0.1, -0.05) is 29.3 Å². The lowest BCUT2D eigenvalue weighted by atomic mass is 10.1. The third kappa shape index (κ3) is 6.27. The van der Waals surface area contributed by atoms with Crippen LogP contribution in [-0.2, 0) is 11.2 Å². The lowest BCUT2D eigenvalue weighted by Gasteiger charge is -2.10. The van der Waals surface area contributed by atoms with Gasteiger partial charge in [-0.2, -0.15) is 0 Å². The zero-order valence-corrected chi connectivity index (χ0v) is 16.2. The Morgan fingerprint density at radius 3 is 2.36 bits per heavy atom. The van der Waals surface area contributed by atoms with Gasteiger partial charge in [0.2, 0.25) is 5.91 Å². The van der Waals surface area contributed by atoms with Crippen molar-refractivity contribution in [1.29, 1.82) is 0 Å². The molecule has 2 rings (SSSR count). The van der Waals surface area contributed by atoms with Crippen LogP contribution in [0, 0.1) is 0 Å². The van der Waals surface area contributed by atoms with Crippen molar-refractivity contribution in [3.8, 4) is 0 Å². The fourth-order valence-corrected chi connectivity index (χ4v) is 3.15. The Balaban J connectivity index is 1.87. The molecule has 0 saturated carbocycles. The molecule has 0 spiro atoms. The predicted molar refractivity (Wildman–Crippen MR) is 105 cm³/mol. The first kappa shape index (κ1) is 19.6. The van der Waals surface area contributed by atoms with Crippen molar-refractivity contribution < 1.29 is 9.59 Å². The number of nitrogens with zero attached hydrogens (tertiary/aromatic N) is 1. The quantitative estimate of drug-likeness (QED) is 0.693. The van der Waals surface area contributed by atoms with Gasteiger partial charge < -0.3 is 10.2 Å². The number of nitrogens with one attached hydrogen (secondary N) is 1. The van der Waals surface area contributed by atoms with Gasteiger partial charge in [0.1, 0.15) is 0 Å². The Morgan fingerprint density at radius 2 is 1.76 bits per heavy atom. The minimum atomic E-state index is -0.101. The van der Waals surface area contributed by atoms with Crippen LogP contribution in [0.4, 0.5) is 10.5 Å². The number of carbonyl (C=O) groups excluding carboxylic acids is 2. The molecule has 25 heavy (non-hydrogen) atoms. The molecule has 0 aliphatic carbocycles. The van der Waals surface area contributed by atoms with Gasteiger partial charge in [0, 0.05) is 41.1 Å². The van der Waals surface area contributed by atoms with Gasteiger partial charge in [0.15, 0.2) is 0 Å². The van der Waals surface area contributed by atoms with E-state index in [1.165, 1.54) is 4.90 Å². The summed E-state index contributed by atoms with van der Waals surface area (Å²) in [6.45, 7) is 0. The summed E-state index contributed by atoms with van der Waals surface area (Å²) in [5.74, 6) is -0.101. The lowest BCUT2D eigenvalue weighted by Crippen LogP contribution is -2.16. The number of anilines is 1. The molecule has 7 heteroatoms. The first-order valence-corrected chi connectivity index (χ1v) is 9.15. The van der Waals surface area contributed by atoms with Crippen molar-refractivity contribution in [2.75, 3.05) is 19.4 Å². The second-order valence-electron chi connectivity index (χ2n) is 5.57. The largest absolute Gasteiger partial charge is 0.339 e. The van der Waals surface area contributed by atoms with E-state index in [2.05, 4.69) is 5.32 Å². The molecule has 0 atom stereocenters. The number of halogens is 2. The van der Waals surface area contributed by atoms with Gasteiger partial charge >= 0.3 is 0 Å². The predicted octanol–water partition coefficient (Wildman–Crippen LogP) is 5.34. The van der Waals surface area contributed by atoms with Gasteiger partial charge in [0.05, 0.1) is 0 Å². The van der Waals surface area contributed by atoms with Crippen molar-refractivity contribution in [1.82, 2.24) is 4.90 Å². The van der Waals surface area contributed by atoms with Crippen LogP contribution in [0.15, 0.2) is 47.4 Å². The normalized spacial score (nSPS) is 10.4. The van der Waals surface area contributed by atoms with Crippen molar-refractivity contribution in [2.24, 2.45) is 0 Å². The van der Waals surface area contributed by atoms with Crippen LogP contribution in [0.5, 0.6) is 0 Å². The van der Waals surface area contributed by atoms with E-state index in [1.807, 2.05) is 6.07 Å². The highest BCUT2D eigenvalue weighted by Crippen LogP contribution is 2.24. The lowest BCUT2D eigenvalue weighted by molar-refractivity contribution is -0.116. The summed E-state index contributed by atoms with van der Waals surface area (Å²) in [5.41, 5.74) is 1.57. The first-order chi connectivity index (χ1) is 11.8. The topological polar surface area (TPSA) is 49.4 Å². The summed E-state index contributed by atoms with van der Waals surface area (Å²) in [4.78, 5) is 26.1. The van der Waals surface area contributed by atoms with Gasteiger partial charge in [-0.15, -0.1) is 0 Å². The number of carbonyl (C=O) groups is 2. The molecule has 4 nitrogen and oxygen atoms in total. The second-order valence-corrected chi connectivity index (χ2v) is 7.44. The van der Waals surface area contributed by atoms with Gasteiger partial charge in [-0.25, -0.2) is 0 Å². The minimum Gasteiger partial charge on any atom is -0.339 e. The smallest absolute Gasteiger partial charge is 0.285 e. The molecule has 0 aliphatic rings. The van der Waals surface area contributed by atoms with Gasteiger partial charge in [0.25, 0.3) is 5.24 Å². The number of thioether (sulfide) groups is 1. The molecule has 2 amide bonds. The van der Waals surface area contributed by atoms with E-state index in [-0.39, 0.29) is 11.1 Å². The van der Waals surface area contributed by atoms with E-state index < -0.39 is 0 Å². The molecule has 0 aromatic heterocycles. The van der Waals surface area contributed by atoms with Crippen molar-refractivity contribution in [3.05, 3.63) is 58.1 Å². The Kier molecular flexibility index (Phi) is 7.17. The maximum atomic E-state index is 12.1. The monoisotopic (exact) mass is 396 g/mol. The highest BCUT2D eigenvalue weighted by Gasteiger charge is 2.08. The number of amides is 2. The standard InChI is InChI=1S/C18H18Cl2N2O2S/c1-22(2)18(24)25-15-8-6-14(7-9-15)21-17(23)10-4-12-3-5-13(19)11-16(12)20/h3,5-9,11H,4,10H2,1-2H3,(H,21,23). The molecule has 0 unspecified atom stereocenters. The van der Waals surface area contributed by atoms with Crippen LogP contribution in [-0.4, -0.2) is 30.1 Å². The van der Waals surface area contributed by atoms with Gasteiger partial charge in [-0.3, -0.25) is 9.59 Å². The fraction of sp³-hybridized carbons (Fsp3) is 0.222. The van der Waals surface area contributed by atoms with Crippen LogP contribution in [0.25, 0.3) is 0 Å². The van der Waals surface area contributed by atoms with E-state index in [4.69, 9.17) is 23.2 Å². The second kappa shape index (κ2) is 9.13. The first-order valence-electron chi connectivity index (χ1n) is 7.58. The highest BCUT2D eigenvalue weighted by molar-refractivity contribution is 8.13. The Bertz CT molecular complexity index is 764. The summed E-state index contributed by atoms with van der Waals surface area (Å²) >= 11 is 13.1. The van der Waals surface area contributed by atoms with Crippen molar-refractivity contribution in [2.45, 2.75) is 17.7 Å². The molecule has 0 radical (unpaired) electrons. The molecule has 0 bridgehead atoms. The molecular weight excluding hydrogens is 379 g/mol. The van der Waals surface area contributed by atoms with Crippen LogP contribution in [0.2, 0.25) is 10.0 Å². The molecule has 2 aromatic rings. The average Bonchev–Trinajstić information content (AvgIpc) is 2.55. The number of aryl methyl sites for hydroxylation is 1. The number of hydrogen-bond donors (Lipinski definition) is 1. The molecule has 1 N–H and O–H groups in total. The summed E-state index contributed by atoms with van der Waals surface area (Å²) < 4.78 is 0. The zero-order valence-electron chi connectivity index (χ0n) is 13.9. The number of hydrogen-bond acceptors (Lipinski definition) is 3. The molecular formula is C18H18Cl2N2O2S. The van der Waals surface area contributed by atoms with Crippen molar-refractivity contribution >= 4 is 51.8 Å². The van der Waals surface area contributed by atoms with E-state index >= 15 is 0 Å². The number of benzene rings is 2. The van der Waals surface area contributed by atoms with Crippen LogP contribution in [0.1, 0.15) is 12.0 Å². The van der Waals surface area contributed by atoms with Gasteiger partial charge in [-0.05, 0) is 60.1 Å². The van der Waals surface area contributed by atoms with E-state index in [0.29, 0.717) is 28.6 Å². The Hall–Kier alpha value is -1.69. The van der Waals surface area contributed by atoms with Crippen molar-refractivity contribution in [3.63, 3.8) is 0 Å². The third-order valence-electron chi connectivity index (χ3n) is 3.34. The van der Waals surface area contributed by atoms with E-state index in [1.54, 1.807) is 50.5 Å². The van der Waals surface area contributed by atoms with Crippen LogP contribution in [0.3, 0.4) is 0 Å². The van der Waals surface area contributed by atoms with Crippen LogP contribution < -0.4 is 5.32 Å². The van der Waals surface area contributed by atoms with E-state index in [0.717, 1.165) is 22.2 Å².